The molecule has 0 aromatic rings. The highest BCUT2D eigenvalue weighted by Gasteiger charge is 2.61. The van der Waals surface area contributed by atoms with Gasteiger partial charge in [-0.15, -0.1) is 0 Å². The van der Waals surface area contributed by atoms with Gasteiger partial charge >= 0.3 is 0 Å². The Kier molecular flexibility index (Phi) is 3.39. The third-order valence-electron chi connectivity index (χ3n) is 4.90. The normalized spacial score (nSPS) is 34.9. The number of rotatable bonds is 1. The Morgan fingerprint density at radius 2 is 1.42 bits per heavy atom. The molecule has 0 aromatic heterocycles. The van der Waals surface area contributed by atoms with Crippen LogP contribution in [0, 0.1) is 28.1 Å². The second kappa shape index (κ2) is 4.21. The summed E-state index contributed by atoms with van der Waals surface area (Å²) in [7, 11) is 0. The highest BCUT2D eigenvalue weighted by atomic mass is 17.4. The molecule has 0 amide bonds. The first-order valence-electron chi connectivity index (χ1n) is 7.75. The minimum absolute atomic E-state index is 0.249. The third kappa shape index (κ3) is 3.00. The molecule has 2 heteroatoms. The van der Waals surface area contributed by atoms with Gasteiger partial charge in [0.05, 0.1) is 0 Å². The van der Waals surface area contributed by atoms with Gasteiger partial charge in [0, 0.05) is 12.8 Å². The van der Waals surface area contributed by atoms with E-state index in [-0.39, 0.29) is 11.2 Å². The van der Waals surface area contributed by atoms with E-state index < -0.39 is 0 Å². The second-order valence-corrected chi connectivity index (χ2v) is 9.59. The third-order valence-corrected chi connectivity index (χ3v) is 4.90. The van der Waals surface area contributed by atoms with Crippen molar-refractivity contribution in [3.63, 3.8) is 0 Å². The average molecular weight is 268 g/mol. The zero-order chi connectivity index (χ0) is 14.7. The van der Waals surface area contributed by atoms with Gasteiger partial charge in [-0.1, -0.05) is 55.4 Å². The van der Waals surface area contributed by atoms with Crippen LogP contribution in [0.1, 0.15) is 74.7 Å². The molecule has 1 aliphatic heterocycles. The van der Waals surface area contributed by atoms with E-state index in [2.05, 4.69) is 55.4 Å². The molecule has 2 fully saturated rings. The monoisotopic (exact) mass is 268 g/mol. The van der Waals surface area contributed by atoms with E-state index in [1.165, 1.54) is 6.42 Å². The molecular formula is C17H32O2. The molecule has 0 radical (unpaired) electrons. The summed E-state index contributed by atoms with van der Waals surface area (Å²) in [4.78, 5) is 10.8. The zero-order valence-electron chi connectivity index (χ0n) is 14.1. The summed E-state index contributed by atoms with van der Waals surface area (Å²) in [5.74, 6) is 1.06. The van der Waals surface area contributed by atoms with Crippen molar-refractivity contribution in [1.82, 2.24) is 0 Å². The smallest absolute Gasteiger partial charge is 0.195 e. The van der Waals surface area contributed by atoms with Crippen LogP contribution in [0.25, 0.3) is 0 Å². The van der Waals surface area contributed by atoms with Crippen LogP contribution in [-0.4, -0.2) is 5.79 Å². The van der Waals surface area contributed by atoms with Crippen LogP contribution in [0.4, 0.5) is 0 Å². The van der Waals surface area contributed by atoms with Gasteiger partial charge in [-0.2, -0.15) is 9.78 Å². The Morgan fingerprint density at radius 1 is 0.947 bits per heavy atom. The van der Waals surface area contributed by atoms with Crippen LogP contribution in [0.5, 0.6) is 0 Å². The molecule has 2 nitrogen and oxygen atoms in total. The molecule has 0 aromatic carbocycles. The Bertz CT molecular complexity index is 329. The van der Waals surface area contributed by atoms with Gasteiger partial charge in [-0.3, -0.25) is 0 Å². The molecule has 1 spiro atoms. The standard InChI is InChI=1S/C17H32O2/c1-12-9-16(8,11-17(10-12)18-19-17)13(14(2,3)4)15(5,6)7/h12-13H,9-11H2,1-8H3. The predicted molar refractivity (Wildman–Crippen MR) is 78.4 cm³/mol. The van der Waals surface area contributed by atoms with Crippen molar-refractivity contribution in [1.29, 1.82) is 0 Å². The topological polar surface area (TPSA) is 25.1 Å². The molecule has 0 bridgehead atoms. The first kappa shape index (κ1) is 15.3. The van der Waals surface area contributed by atoms with E-state index in [1.807, 2.05) is 0 Å². The molecule has 2 atom stereocenters. The van der Waals surface area contributed by atoms with E-state index >= 15 is 0 Å². The SMILES string of the molecule is CC1CC2(CC(C)(C(C(C)(C)C)C(C)(C)C)C1)OO2. The lowest BCUT2D eigenvalue weighted by Crippen LogP contribution is -2.49. The molecule has 2 rings (SSSR count). The molecule has 1 aliphatic carbocycles. The Balaban J connectivity index is 2.34. The highest BCUT2D eigenvalue weighted by molar-refractivity contribution is 5.02. The maximum atomic E-state index is 5.38. The highest BCUT2D eigenvalue weighted by Crippen LogP contribution is 2.62. The zero-order valence-corrected chi connectivity index (χ0v) is 14.1. The molecule has 19 heavy (non-hydrogen) atoms. The van der Waals surface area contributed by atoms with Crippen molar-refractivity contribution >= 4 is 0 Å². The quantitative estimate of drug-likeness (QED) is 0.483. The van der Waals surface area contributed by atoms with Gasteiger partial charge in [0.15, 0.2) is 0 Å². The Hall–Kier alpha value is -0.0800. The van der Waals surface area contributed by atoms with Crippen LogP contribution >= 0.6 is 0 Å². The number of hydrogen-bond acceptors (Lipinski definition) is 2. The van der Waals surface area contributed by atoms with Crippen molar-refractivity contribution in [2.75, 3.05) is 0 Å². The second-order valence-electron chi connectivity index (χ2n) is 9.59. The summed E-state index contributed by atoms with van der Waals surface area (Å²) >= 11 is 0. The van der Waals surface area contributed by atoms with Crippen molar-refractivity contribution in [2.24, 2.45) is 28.1 Å². The van der Waals surface area contributed by atoms with Crippen molar-refractivity contribution in [3.05, 3.63) is 0 Å². The number of hydrogen-bond donors (Lipinski definition) is 0. The van der Waals surface area contributed by atoms with Crippen molar-refractivity contribution in [2.45, 2.75) is 80.4 Å². The summed E-state index contributed by atoms with van der Waals surface area (Å²) in [6.07, 6.45) is 3.38. The minimum Gasteiger partial charge on any atom is -0.195 e. The van der Waals surface area contributed by atoms with Gasteiger partial charge in [0.1, 0.15) is 0 Å². The molecule has 1 heterocycles. The maximum Gasteiger partial charge on any atom is 0.235 e. The van der Waals surface area contributed by atoms with Gasteiger partial charge in [0.2, 0.25) is 5.79 Å². The Morgan fingerprint density at radius 3 is 1.79 bits per heavy atom. The van der Waals surface area contributed by atoms with Crippen LogP contribution in [0.15, 0.2) is 0 Å². The van der Waals surface area contributed by atoms with Crippen LogP contribution < -0.4 is 0 Å². The molecule has 2 unspecified atom stereocenters. The molecular weight excluding hydrogens is 236 g/mol. The van der Waals surface area contributed by atoms with Gasteiger partial charge in [0.25, 0.3) is 0 Å². The van der Waals surface area contributed by atoms with Crippen LogP contribution in [0.3, 0.4) is 0 Å². The van der Waals surface area contributed by atoms with E-state index in [4.69, 9.17) is 9.78 Å². The van der Waals surface area contributed by atoms with Gasteiger partial charge in [-0.05, 0) is 34.5 Å². The van der Waals surface area contributed by atoms with Crippen LogP contribution in [-0.2, 0) is 9.78 Å². The summed E-state index contributed by atoms with van der Waals surface area (Å²) < 4.78 is 0. The fourth-order valence-electron chi connectivity index (χ4n) is 5.95. The van der Waals surface area contributed by atoms with Gasteiger partial charge < -0.3 is 0 Å². The van der Waals surface area contributed by atoms with Crippen LogP contribution in [0.2, 0.25) is 0 Å². The largest absolute Gasteiger partial charge is 0.235 e. The first-order valence-corrected chi connectivity index (χ1v) is 7.75. The lowest BCUT2D eigenvalue weighted by molar-refractivity contribution is -0.0727. The fraction of sp³-hybridized carbons (Fsp3) is 1.00. The molecule has 1 saturated heterocycles. The Labute approximate surface area is 119 Å². The fourth-order valence-corrected chi connectivity index (χ4v) is 5.95. The van der Waals surface area contributed by atoms with Crippen molar-refractivity contribution < 1.29 is 9.78 Å². The average Bonchev–Trinajstić information content (AvgIpc) is 2.73. The van der Waals surface area contributed by atoms with E-state index in [0.29, 0.717) is 22.7 Å². The summed E-state index contributed by atoms with van der Waals surface area (Å²) in [6, 6.07) is 0. The summed E-state index contributed by atoms with van der Waals surface area (Å²) in [6.45, 7) is 19.1. The lowest BCUT2D eigenvalue weighted by atomic mass is 9.50. The van der Waals surface area contributed by atoms with E-state index in [0.717, 1.165) is 12.8 Å². The summed E-state index contributed by atoms with van der Waals surface area (Å²) in [5, 5.41) is 0. The lowest BCUT2D eigenvalue weighted by Gasteiger charge is -2.55. The summed E-state index contributed by atoms with van der Waals surface area (Å²) in [5.41, 5.74) is 0.866. The molecule has 112 valence electrons. The molecule has 1 saturated carbocycles. The van der Waals surface area contributed by atoms with E-state index in [9.17, 15) is 0 Å². The van der Waals surface area contributed by atoms with Gasteiger partial charge in [-0.25, -0.2) is 0 Å². The molecule has 2 aliphatic rings. The predicted octanol–water partition coefficient (Wildman–Crippen LogP) is 5.18. The molecule has 0 N–H and O–H groups in total. The maximum absolute atomic E-state index is 5.38. The minimum atomic E-state index is -0.249. The first-order chi connectivity index (χ1) is 8.38. The van der Waals surface area contributed by atoms with Crippen molar-refractivity contribution in [3.8, 4) is 0 Å². The van der Waals surface area contributed by atoms with E-state index in [1.54, 1.807) is 0 Å².